The zero-order valence-corrected chi connectivity index (χ0v) is 15.0. The molecule has 0 heterocycles. The van der Waals surface area contributed by atoms with Crippen LogP contribution in [0.1, 0.15) is 29.8 Å². The van der Waals surface area contributed by atoms with E-state index in [1.54, 1.807) is 62.4 Å². The van der Waals surface area contributed by atoms with E-state index in [2.05, 4.69) is 15.0 Å². The third-order valence-corrected chi connectivity index (χ3v) is 3.38. The van der Waals surface area contributed by atoms with Crippen LogP contribution in [0.2, 0.25) is 0 Å². The fraction of sp³-hybridized carbons (Fsp3) is 0.211. The summed E-state index contributed by atoms with van der Waals surface area (Å²) in [6.07, 6.45) is 0. The molecule has 2 aromatic rings. The van der Waals surface area contributed by atoms with E-state index in [1.165, 1.54) is 0 Å². The molecule has 0 aromatic heterocycles. The van der Waals surface area contributed by atoms with Crippen LogP contribution in [0.15, 0.2) is 58.8 Å². The Bertz CT molecular complexity index is 900. The number of benzene rings is 2. The number of azo groups is 1. The highest BCUT2D eigenvalue weighted by Crippen LogP contribution is 2.23. The second kappa shape index (κ2) is 9.74. The molecule has 27 heavy (non-hydrogen) atoms. The van der Waals surface area contributed by atoms with Crippen molar-refractivity contribution in [2.75, 3.05) is 13.2 Å². The van der Waals surface area contributed by atoms with Crippen LogP contribution < -0.4 is 0 Å². The first kappa shape index (κ1) is 19.7. The third-order valence-electron chi connectivity index (χ3n) is 3.38. The first-order valence-electron chi connectivity index (χ1n) is 8.28. The van der Waals surface area contributed by atoms with Crippen LogP contribution in [0, 0.1) is 0 Å². The summed E-state index contributed by atoms with van der Waals surface area (Å²) in [7, 11) is 0. The summed E-state index contributed by atoms with van der Waals surface area (Å²) >= 11 is 0. The second-order valence-corrected chi connectivity index (χ2v) is 5.15. The van der Waals surface area contributed by atoms with Gasteiger partial charge in [0.1, 0.15) is 5.69 Å². The van der Waals surface area contributed by atoms with Crippen LogP contribution in [0.4, 0.5) is 11.4 Å². The molecule has 0 saturated carbocycles. The minimum absolute atomic E-state index is 0.147. The average Bonchev–Trinajstić information content (AvgIpc) is 2.68. The van der Waals surface area contributed by atoms with Crippen molar-refractivity contribution in [2.24, 2.45) is 10.2 Å². The lowest BCUT2D eigenvalue weighted by Gasteiger charge is -2.02. The van der Waals surface area contributed by atoms with Gasteiger partial charge in [0, 0.05) is 0 Å². The van der Waals surface area contributed by atoms with Gasteiger partial charge in [0.25, 0.3) is 0 Å². The molecular formula is C19H18N4O4. The van der Waals surface area contributed by atoms with Gasteiger partial charge in [-0.2, -0.15) is 9.90 Å². The molecule has 0 unspecified atom stereocenters. The van der Waals surface area contributed by atoms with Crippen LogP contribution >= 0.6 is 0 Å². The van der Waals surface area contributed by atoms with Gasteiger partial charge in [-0.15, -0.1) is 5.11 Å². The average molecular weight is 366 g/mol. The Morgan fingerprint density at radius 1 is 0.963 bits per heavy atom. The zero-order valence-electron chi connectivity index (χ0n) is 15.0. The molecule has 0 amide bonds. The highest BCUT2D eigenvalue weighted by molar-refractivity contribution is 6.41. The maximum absolute atomic E-state index is 11.9. The highest BCUT2D eigenvalue weighted by atomic mass is 16.5. The van der Waals surface area contributed by atoms with Gasteiger partial charge in [-0.05, 0) is 50.2 Å². The lowest BCUT2D eigenvalue weighted by molar-refractivity contribution is -0.139. The Kier molecular flexibility index (Phi) is 7.10. The number of hydrogen-bond acceptors (Lipinski definition) is 6. The summed E-state index contributed by atoms with van der Waals surface area (Å²) < 4.78 is 9.80. The summed E-state index contributed by atoms with van der Waals surface area (Å²) in [6.45, 7) is 3.83. The number of nitrogens with zero attached hydrogens (tertiary/aromatic N) is 4. The summed E-state index contributed by atoms with van der Waals surface area (Å²) in [6, 6.07) is 13.0. The van der Waals surface area contributed by atoms with E-state index in [4.69, 9.17) is 9.47 Å². The van der Waals surface area contributed by atoms with Gasteiger partial charge in [0.05, 0.1) is 30.0 Å². The molecule has 0 aliphatic heterocycles. The van der Waals surface area contributed by atoms with Crippen LogP contribution in [-0.2, 0) is 14.3 Å². The maximum Gasteiger partial charge on any atom is 0.422 e. The summed E-state index contributed by atoms with van der Waals surface area (Å²) in [5, 5.41) is 8.20. The quantitative estimate of drug-likeness (QED) is 0.320. The largest absolute Gasteiger partial charge is 0.462 e. The lowest BCUT2D eigenvalue weighted by Crippen LogP contribution is -2.19. The number of rotatable bonds is 7. The molecule has 0 N–H and O–H groups in total. The number of hydrogen-bond donors (Lipinski definition) is 0. The summed E-state index contributed by atoms with van der Waals surface area (Å²) in [5.74, 6) is -1.17. The number of ether oxygens (including phenoxy) is 2. The normalized spacial score (nSPS) is 10.3. The molecule has 2 aromatic carbocycles. The van der Waals surface area contributed by atoms with Crippen LogP contribution in [0.5, 0.6) is 0 Å². The van der Waals surface area contributed by atoms with E-state index < -0.39 is 11.9 Å². The monoisotopic (exact) mass is 366 g/mol. The molecule has 0 aliphatic rings. The van der Waals surface area contributed by atoms with Crippen LogP contribution in [0.3, 0.4) is 0 Å². The van der Waals surface area contributed by atoms with E-state index in [9.17, 15) is 15.1 Å². The van der Waals surface area contributed by atoms with Gasteiger partial charge in [0.15, 0.2) is 0 Å². The van der Waals surface area contributed by atoms with Crippen molar-refractivity contribution in [3.05, 3.63) is 65.2 Å². The summed E-state index contributed by atoms with van der Waals surface area (Å²) in [5.41, 5.74) is 10.4. The SMILES string of the molecule is CCOC(=O)C(=[N+]=[N-])c1ccccc1N=Nc1ccc(C(=O)OCC)cc1. The Morgan fingerprint density at radius 2 is 1.63 bits per heavy atom. The molecular weight excluding hydrogens is 348 g/mol. The molecule has 0 fully saturated rings. The molecule has 0 atom stereocenters. The van der Waals surface area contributed by atoms with Crippen molar-refractivity contribution in [1.82, 2.24) is 0 Å². The van der Waals surface area contributed by atoms with E-state index in [0.29, 0.717) is 23.5 Å². The van der Waals surface area contributed by atoms with E-state index in [-0.39, 0.29) is 17.9 Å². The molecule has 0 saturated heterocycles. The van der Waals surface area contributed by atoms with Crippen molar-refractivity contribution in [1.29, 1.82) is 0 Å². The van der Waals surface area contributed by atoms with Gasteiger partial charge in [0.2, 0.25) is 0 Å². The zero-order chi connectivity index (χ0) is 19.6. The Balaban J connectivity index is 2.26. The van der Waals surface area contributed by atoms with Gasteiger partial charge in [-0.3, -0.25) is 0 Å². The standard InChI is InChI=1S/C19H18N4O4/c1-3-26-18(24)13-9-11-14(12-10-13)22-23-16-8-6-5-7-15(16)17(21-20)19(25)27-4-2/h5-12H,3-4H2,1-2H3. The molecule has 138 valence electrons. The van der Waals surface area contributed by atoms with Crippen LogP contribution in [-0.4, -0.2) is 35.7 Å². The smallest absolute Gasteiger partial charge is 0.422 e. The number of carbonyl (C=O) groups is 2. The maximum atomic E-state index is 11.9. The van der Waals surface area contributed by atoms with Gasteiger partial charge < -0.3 is 15.0 Å². The van der Waals surface area contributed by atoms with Crippen LogP contribution in [0.25, 0.3) is 5.53 Å². The third kappa shape index (κ3) is 5.17. The van der Waals surface area contributed by atoms with Gasteiger partial charge >= 0.3 is 17.7 Å². The minimum Gasteiger partial charge on any atom is -0.462 e. The first-order chi connectivity index (χ1) is 13.1. The Morgan fingerprint density at radius 3 is 2.26 bits per heavy atom. The predicted octanol–water partition coefficient (Wildman–Crippen LogP) is 3.86. The lowest BCUT2D eigenvalue weighted by atomic mass is 10.1. The van der Waals surface area contributed by atoms with Gasteiger partial charge in [-0.25, -0.2) is 9.59 Å². The molecule has 8 nitrogen and oxygen atoms in total. The topological polar surface area (TPSA) is 114 Å². The minimum atomic E-state index is -0.763. The fourth-order valence-corrected chi connectivity index (χ4v) is 2.16. The predicted molar refractivity (Wildman–Crippen MR) is 97.4 cm³/mol. The van der Waals surface area contributed by atoms with Crippen molar-refractivity contribution in [2.45, 2.75) is 13.8 Å². The van der Waals surface area contributed by atoms with E-state index in [0.717, 1.165) is 0 Å². The highest BCUT2D eigenvalue weighted by Gasteiger charge is 2.27. The first-order valence-corrected chi connectivity index (χ1v) is 8.28. The van der Waals surface area contributed by atoms with Crippen molar-refractivity contribution >= 4 is 29.0 Å². The van der Waals surface area contributed by atoms with E-state index >= 15 is 0 Å². The van der Waals surface area contributed by atoms with Crippen molar-refractivity contribution < 1.29 is 23.9 Å². The number of esters is 2. The van der Waals surface area contributed by atoms with E-state index in [1.807, 2.05) is 0 Å². The molecule has 0 bridgehead atoms. The fourth-order valence-electron chi connectivity index (χ4n) is 2.16. The van der Waals surface area contributed by atoms with Crippen molar-refractivity contribution in [3.63, 3.8) is 0 Å². The molecule has 2 rings (SSSR count). The van der Waals surface area contributed by atoms with Gasteiger partial charge in [-0.1, -0.05) is 12.1 Å². The Labute approximate surface area is 156 Å². The number of carbonyl (C=O) groups excluding carboxylic acids is 2. The van der Waals surface area contributed by atoms with Crippen molar-refractivity contribution in [3.8, 4) is 0 Å². The molecule has 0 radical (unpaired) electrons. The Hall–Kier alpha value is -3.64. The second-order valence-electron chi connectivity index (χ2n) is 5.15. The summed E-state index contributed by atoms with van der Waals surface area (Å²) in [4.78, 5) is 26.6. The molecule has 0 spiro atoms. The molecule has 0 aliphatic carbocycles. The molecule has 8 heteroatoms.